The lowest BCUT2D eigenvalue weighted by Crippen LogP contribution is -2.25. The fourth-order valence-electron chi connectivity index (χ4n) is 3.22. The van der Waals surface area contributed by atoms with Crippen LogP contribution >= 0.6 is 12.2 Å². The quantitative estimate of drug-likeness (QED) is 0.369. The van der Waals surface area contributed by atoms with Gasteiger partial charge in [0.1, 0.15) is 11.6 Å². The summed E-state index contributed by atoms with van der Waals surface area (Å²) in [6.07, 6.45) is 2.46. The second-order valence-electron chi connectivity index (χ2n) is 7.05. The van der Waals surface area contributed by atoms with Gasteiger partial charge in [-0.05, 0) is 41.5 Å². The monoisotopic (exact) mass is 418 g/mol. The number of aryl methyl sites for hydroxylation is 1. The molecular weight excluding hydrogens is 392 g/mol. The van der Waals surface area contributed by atoms with Gasteiger partial charge in [0.15, 0.2) is 0 Å². The van der Waals surface area contributed by atoms with E-state index < -0.39 is 0 Å². The van der Waals surface area contributed by atoms with E-state index in [0.717, 1.165) is 41.5 Å². The lowest BCUT2D eigenvalue weighted by atomic mass is 9.97. The molecular formula is C25H26N2O2S. The Kier molecular flexibility index (Phi) is 7.98. The summed E-state index contributed by atoms with van der Waals surface area (Å²) in [4.78, 5) is 12.2. The van der Waals surface area contributed by atoms with Crippen molar-refractivity contribution in [3.05, 3.63) is 95.6 Å². The van der Waals surface area contributed by atoms with Crippen LogP contribution < -0.4 is 11.1 Å². The number of carbonyl (C=O) groups is 1. The fraction of sp³-hybridized carbons (Fsp3) is 0.200. The maximum Gasteiger partial charge on any atom is 0.407 e. The number of nitrogens with two attached hydrogens (primary N) is 1. The number of benzene rings is 3. The molecule has 154 valence electrons. The molecule has 30 heavy (non-hydrogen) atoms. The van der Waals surface area contributed by atoms with Gasteiger partial charge >= 0.3 is 6.09 Å². The van der Waals surface area contributed by atoms with Crippen LogP contribution in [0.5, 0.6) is 0 Å². The number of rotatable bonds is 9. The summed E-state index contributed by atoms with van der Waals surface area (Å²) >= 11 is 5.16. The third-order valence-corrected chi connectivity index (χ3v) is 5.05. The van der Waals surface area contributed by atoms with Crippen molar-refractivity contribution in [3.63, 3.8) is 0 Å². The Balaban J connectivity index is 1.39. The van der Waals surface area contributed by atoms with E-state index in [1.54, 1.807) is 0 Å². The molecule has 3 N–H and O–H groups in total. The number of amides is 1. The summed E-state index contributed by atoms with van der Waals surface area (Å²) in [6, 6.07) is 26.0. The van der Waals surface area contributed by atoms with Gasteiger partial charge in [0.05, 0.1) is 0 Å². The zero-order valence-electron chi connectivity index (χ0n) is 16.8. The predicted octanol–water partition coefficient (Wildman–Crippen LogP) is 5.24. The third-order valence-electron chi connectivity index (χ3n) is 4.83. The smallest absolute Gasteiger partial charge is 0.407 e. The van der Waals surface area contributed by atoms with E-state index in [-0.39, 0.29) is 12.7 Å². The number of carbonyl (C=O) groups excluding carboxylic acids is 1. The van der Waals surface area contributed by atoms with Gasteiger partial charge < -0.3 is 15.8 Å². The highest BCUT2D eigenvalue weighted by Crippen LogP contribution is 2.24. The van der Waals surface area contributed by atoms with E-state index in [2.05, 4.69) is 29.6 Å². The van der Waals surface area contributed by atoms with Crippen molar-refractivity contribution in [2.45, 2.75) is 25.9 Å². The van der Waals surface area contributed by atoms with Crippen molar-refractivity contribution < 1.29 is 9.53 Å². The van der Waals surface area contributed by atoms with Crippen LogP contribution in [0.3, 0.4) is 0 Å². The summed E-state index contributed by atoms with van der Waals surface area (Å²) < 4.78 is 5.21. The maximum absolute atomic E-state index is 11.7. The first-order chi connectivity index (χ1) is 14.6. The molecule has 3 rings (SSSR count). The van der Waals surface area contributed by atoms with E-state index in [1.807, 2.05) is 54.6 Å². The van der Waals surface area contributed by atoms with Crippen molar-refractivity contribution in [1.82, 2.24) is 5.32 Å². The summed E-state index contributed by atoms with van der Waals surface area (Å²) in [5.41, 5.74) is 11.1. The first-order valence-corrected chi connectivity index (χ1v) is 10.5. The minimum absolute atomic E-state index is 0.289. The number of thiocarbonyl (C=S) groups is 1. The number of hydrogen-bond donors (Lipinski definition) is 2. The van der Waals surface area contributed by atoms with Gasteiger partial charge in [-0.2, -0.15) is 0 Å². The second-order valence-corrected chi connectivity index (χ2v) is 7.49. The second kappa shape index (κ2) is 11.1. The average molecular weight is 419 g/mol. The molecule has 3 aromatic rings. The average Bonchev–Trinajstić information content (AvgIpc) is 2.78. The van der Waals surface area contributed by atoms with E-state index in [9.17, 15) is 4.79 Å². The lowest BCUT2D eigenvalue weighted by molar-refractivity contribution is 0.139. The van der Waals surface area contributed by atoms with E-state index >= 15 is 0 Å². The third kappa shape index (κ3) is 6.42. The van der Waals surface area contributed by atoms with Crippen LogP contribution in [-0.4, -0.2) is 17.6 Å². The Labute approximate surface area is 183 Å². The first kappa shape index (κ1) is 21.5. The van der Waals surface area contributed by atoms with E-state index in [0.29, 0.717) is 11.5 Å². The van der Waals surface area contributed by atoms with Crippen LogP contribution in [0.15, 0.2) is 78.9 Å². The number of alkyl carbamates (subject to hydrolysis) is 1. The summed E-state index contributed by atoms with van der Waals surface area (Å²) in [5.74, 6) is 0. The van der Waals surface area contributed by atoms with Gasteiger partial charge in [-0.15, -0.1) is 0 Å². The van der Waals surface area contributed by atoms with Crippen LogP contribution in [0.25, 0.3) is 11.1 Å². The molecule has 0 radical (unpaired) electrons. The molecule has 3 aromatic carbocycles. The number of ether oxygens (including phenoxy) is 1. The minimum atomic E-state index is -0.375. The zero-order chi connectivity index (χ0) is 21.2. The number of hydrogen-bond acceptors (Lipinski definition) is 3. The number of nitrogens with one attached hydrogen (secondary N) is 1. The fourth-order valence-corrected chi connectivity index (χ4v) is 3.40. The zero-order valence-corrected chi connectivity index (χ0v) is 17.7. The molecule has 0 aliphatic carbocycles. The maximum atomic E-state index is 11.7. The van der Waals surface area contributed by atoms with Crippen molar-refractivity contribution >= 4 is 23.3 Å². The molecule has 0 aliphatic heterocycles. The van der Waals surface area contributed by atoms with Crippen LogP contribution in [0, 0.1) is 0 Å². The van der Waals surface area contributed by atoms with E-state index in [4.69, 9.17) is 22.7 Å². The minimum Gasteiger partial charge on any atom is -0.445 e. The molecule has 0 saturated heterocycles. The van der Waals surface area contributed by atoms with Crippen molar-refractivity contribution in [2.24, 2.45) is 5.73 Å². The Morgan fingerprint density at radius 2 is 1.57 bits per heavy atom. The molecule has 1 amide bonds. The molecule has 0 spiro atoms. The Morgan fingerprint density at radius 3 is 2.30 bits per heavy atom. The Hall–Kier alpha value is -3.18. The molecule has 0 fully saturated rings. The Morgan fingerprint density at radius 1 is 0.867 bits per heavy atom. The normalized spacial score (nSPS) is 10.4. The molecule has 0 heterocycles. The summed E-state index contributed by atoms with van der Waals surface area (Å²) in [5, 5.41) is 2.80. The Bertz CT molecular complexity index is 972. The highest BCUT2D eigenvalue weighted by atomic mass is 32.1. The molecule has 0 aromatic heterocycles. The highest BCUT2D eigenvalue weighted by Gasteiger charge is 2.07. The topological polar surface area (TPSA) is 64.3 Å². The van der Waals surface area contributed by atoms with Crippen molar-refractivity contribution in [1.29, 1.82) is 0 Å². The highest BCUT2D eigenvalue weighted by molar-refractivity contribution is 7.80. The van der Waals surface area contributed by atoms with Gasteiger partial charge in [0, 0.05) is 12.1 Å². The van der Waals surface area contributed by atoms with Crippen molar-refractivity contribution in [2.75, 3.05) is 6.54 Å². The van der Waals surface area contributed by atoms with Crippen LogP contribution in [0.1, 0.15) is 29.5 Å². The SMILES string of the molecule is NC(=S)c1ccccc1-c1ccc(CCCCNC(=O)OCc2ccccc2)cc1. The van der Waals surface area contributed by atoms with Gasteiger partial charge in [0.2, 0.25) is 0 Å². The van der Waals surface area contributed by atoms with Crippen LogP contribution in [0.4, 0.5) is 4.79 Å². The molecule has 0 unspecified atom stereocenters. The summed E-state index contributed by atoms with van der Waals surface area (Å²) in [6.45, 7) is 0.893. The molecule has 0 atom stereocenters. The molecule has 4 nitrogen and oxygen atoms in total. The van der Waals surface area contributed by atoms with E-state index in [1.165, 1.54) is 5.56 Å². The van der Waals surface area contributed by atoms with Gasteiger partial charge in [-0.3, -0.25) is 0 Å². The molecule has 0 bridgehead atoms. The van der Waals surface area contributed by atoms with Crippen LogP contribution in [0.2, 0.25) is 0 Å². The van der Waals surface area contributed by atoms with Gasteiger partial charge in [-0.25, -0.2) is 4.79 Å². The van der Waals surface area contributed by atoms with Crippen molar-refractivity contribution in [3.8, 4) is 11.1 Å². The summed E-state index contributed by atoms with van der Waals surface area (Å²) in [7, 11) is 0. The largest absolute Gasteiger partial charge is 0.445 e. The lowest BCUT2D eigenvalue weighted by Gasteiger charge is -2.10. The molecule has 0 saturated carbocycles. The number of unbranched alkanes of at least 4 members (excludes halogenated alkanes) is 1. The van der Waals surface area contributed by atoms with Gasteiger partial charge in [-0.1, -0.05) is 91.1 Å². The molecule has 0 aliphatic rings. The predicted molar refractivity (Wildman–Crippen MR) is 125 cm³/mol. The van der Waals surface area contributed by atoms with Crippen LogP contribution in [-0.2, 0) is 17.8 Å². The first-order valence-electron chi connectivity index (χ1n) is 10.1. The standard InChI is InChI=1S/C25H26N2O2S/c26-24(30)23-12-5-4-11-22(23)21-15-13-19(14-16-21)8-6-7-17-27-25(28)29-18-20-9-2-1-3-10-20/h1-5,9-16H,6-8,17-18H2,(H2,26,30)(H,27,28). The van der Waals surface area contributed by atoms with Gasteiger partial charge in [0.25, 0.3) is 0 Å². The molecule has 5 heteroatoms.